The van der Waals surface area contributed by atoms with E-state index in [1.54, 1.807) is 0 Å². The molecule has 0 spiro atoms. The molecule has 1 radical (unpaired) electrons. The van der Waals surface area contributed by atoms with Crippen LogP contribution in [0.4, 0.5) is 0 Å². The zero-order valence-electron chi connectivity index (χ0n) is 9.92. The van der Waals surface area contributed by atoms with Gasteiger partial charge in [0.05, 0.1) is 18.8 Å². The van der Waals surface area contributed by atoms with Crippen LogP contribution in [0.15, 0.2) is 0 Å². The third kappa shape index (κ3) is 7.34. The van der Waals surface area contributed by atoms with E-state index in [2.05, 4.69) is 20.8 Å². The SMILES string of the molecule is [CH2]CC(C)OCC(CC)OCCCC. The molecule has 0 amide bonds. The first-order valence-electron chi connectivity index (χ1n) is 5.77. The molecule has 85 valence electrons. The Hall–Kier alpha value is -0.0800. The highest BCUT2D eigenvalue weighted by atomic mass is 16.5. The minimum Gasteiger partial charge on any atom is -0.376 e. The van der Waals surface area contributed by atoms with E-state index in [0.29, 0.717) is 6.61 Å². The van der Waals surface area contributed by atoms with Crippen LogP contribution in [-0.2, 0) is 9.47 Å². The number of hydrogen-bond acceptors (Lipinski definition) is 2. The van der Waals surface area contributed by atoms with E-state index >= 15 is 0 Å². The van der Waals surface area contributed by atoms with Crippen molar-refractivity contribution in [1.82, 2.24) is 0 Å². The Kier molecular flexibility index (Phi) is 9.42. The van der Waals surface area contributed by atoms with Gasteiger partial charge in [0.15, 0.2) is 0 Å². The normalized spacial score (nSPS) is 15.4. The van der Waals surface area contributed by atoms with Crippen molar-refractivity contribution in [3.05, 3.63) is 6.92 Å². The molecular weight excluding hydrogens is 176 g/mol. The lowest BCUT2D eigenvalue weighted by atomic mass is 10.2. The molecule has 0 saturated heterocycles. The Morgan fingerprint density at radius 2 is 1.93 bits per heavy atom. The van der Waals surface area contributed by atoms with Crippen LogP contribution in [0, 0.1) is 6.92 Å². The Labute approximate surface area is 89.0 Å². The van der Waals surface area contributed by atoms with Crippen LogP contribution in [0.5, 0.6) is 0 Å². The van der Waals surface area contributed by atoms with Crippen LogP contribution in [0.1, 0.15) is 46.5 Å². The number of hydrogen-bond donors (Lipinski definition) is 0. The summed E-state index contributed by atoms with van der Waals surface area (Å²) in [5.74, 6) is 0. The third-order valence-electron chi connectivity index (χ3n) is 2.28. The van der Waals surface area contributed by atoms with Crippen molar-refractivity contribution >= 4 is 0 Å². The van der Waals surface area contributed by atoms with Gasteiger partial charge in [0.25, 0.3) is 0 Å². The topological polar surface area (TPSA) is 18.5 Å². The Bertz CT molecular complexity index is 115. The molecule has 0 bridgehead atoms. The standard InChI is InChI=1S/C12H25O2/c1-5-8-9-13-12(7-3)10-14-11(4)6-2/h11-12H,2,5-10H2,1,3-4H3. The largest absolute Gasteiger partial charge is 0.376 e. The van der Waals surface area contributed by atoms with Gasteiger partial charge < -0.3 is 9.47 Å². The molecule has 2 atom stereocenters. The van der Waals surface area contributed by atoms with Gasteiger partial charge in [-0.25, -0.2) is 0 Å². The lowest BCUT2D eigenvalue weighted by Gasteiger charge is -2.18. The molecule has 0 saturated carbocycles. The van der Waals surface area contributed by atoms with Gasteiger partial charge in [-0.05, 0) is 26.2 Å². The summed E-state index contributed by atoms with van der Waals surface area (Å²) in [5.41, 5.74) is 0. The summed E-state index contributed by atoms with van der Waals surface area (Å²) in [6, 6.07) is 0. The lowest BCUT2D eigenvalue weighted by Crippen LogP contribution is -2.22. The fourth-order valence-electron chi connectivity index (χ4n) is 1.03. The van der Waals surface area contributed by atoms with Gasteiger partial charge in [-0.3, -0.25) is 0 Å². The summed E-state index contributed by atoms with van der Waals surface area (Å²) < 4.78 is 11.3. The highest BCUT2D eigenvalue weighted by Gasteiger charge is 2.08. The average molecular weight is 201 g/mol. The molecule has 0 aliphatic heterocycles. The van der Waals surface area contributed by atoms with Crippen LogP contribution < -0.4 is 0 Å². The maximum absolute atomic E-state index is 5.68. The predicted molar refractivity (Wildman–Crippen MR) is 60.3 cm³/mol. The van der Waals surface area contributed by atoms with E-state index in [0.717, 1.165) is 25.9 Å². The number of unbranched alkanes of at least 4 members (excludes halogenated alkanes) is 1. The molecule has 2 nitrogen and oxygen atoms in total. The van der Waals surface area contributed by atoms with Gasteiger partial charge in [-0.15, -0.1) is 0 Å². The minimum absolute atomic E-state index is 0.249. The van der Waals surface area contributed by atoms with Gasteiger partial charge in [0.2, 0.25) is 0 Å². The summed E-state index contributed by atoms with van der Waals surface area (Å²) in [5, 5.41) is 0. The summed E-state index contributed by atoms with van der Waals surface area (Å²) in [6.45, 7) is 11.7. The van der Waals surface area contributed by atoms with Gasteiger partial charge in [-0.2, -0.15) is 0 Å². The highest BCUT2D eigenvalue weighted by molar-refractivity contribution is 4.57. The monoisotopic (exact) mass is 201 g/mol. The van der Waals surface area contributed by atoms with Crippen LogP contribution in [-0.4, -0.2) is 25.4 Å². The van der Waals surface area contributed by atoms with Gasteiger partial charge in [0, 0.05) is 6.61 Å². The molecule has 0 aromatic heterocycles. The fourth-order valence-corrected chi connectivity index (χ4v) is 1.03. The van der Waals surface area contributed by atoms with Gasteiger partial charge >= 0.3 is 0 Å². The summed E-state index contributed by atoms with van der Waals surface area (Å²) >= 11 is 0. The van der Waals surface area contributed by atoms with Crippen molar-refractivity contribution in [2.75, 3.05) is 13.2 Å². The molecule has 0 aromatic carbocycles. The molecule has 14 heavy (non-hydrogen) atoms. The van der Waals surface area contributed by atoms with Crippen molar-refractivity contribution in [3.8, 4) is 0 Å². The molecule has 0 heterocycles. The van der Waals surface area contributed by atoms with Crippen LogP contribution >= 0.6 is 0 Å². The molecule has 0 aliphatic carbocycles. The average Bonchev–Trinajstić information content (AvgIpc) is 2.22. The maximum Gasteiger partial charge on any atom is 0.0806 e. The third-order valence-corrected chi connectivity index (χ3v) is 2.28. The molecule has 2 heteroatoms. The van der Waals surface area contributed by atoms with E-state index in [1.807, 2.05) is 6.92 Å². The second kappa shape index (κ2) is 9.47. The van der Waals surface area contributed by atoms with Crippen LogP contribution in [0.25, 0.3) is 0 Å². The fraction of sp³-hybridized carbons (Fsp3) is 0.917. The first kappa shape index (κ1) is 13.9. The molecule has 2 unspecified atom stereocenters. The molecular formula is C12H25O2. The molecule has 0 fully saturated rings. The van der Waals surface area contributed by atoms with E-state index in [-0.39, 0.29) is 12.2 Å². The zero-order chi connectivity index (χ0) is 10.8. The first-order valence-corrected chi connectivity index (χ1v) is 5.77. The van der Waals surface area contributed by atoms with E-state index in [1.165, 1.54) is 6.42 Å². The van der Waals surface area contributed by atoms with Crippen molar-refractivity contribution < 1.29 is 9.47 Å². The van der Waals surface area contributed by atoms with E-state index < -0.39 is 0 Å². The van der Waals surface area contributed by atoms with Crippen molar-refractivity contribution in [3.63, 3.8) is 0 Å². The maximum atomic E-state index is 5.68. The zero-order valence-corrected chi connectivity index (χ0v) is 9.92. The number of ether oxygens (including phenoxy) is 2. The second-order valence-electron chi connectivity index (χ2n) is 3.69. The molecule has 0 aliphatic rings. The first-order chi connectivity index (χ1) is 6.74. The molecule has 0 N–H and O–H groups in total. The predicted octanol–water partition coefficient (Wildman–Crippen LogP) is 3.21. The van der Waals surface area contributed by atoms with Crippen LogP contribution in [0.2, 0.25) is 0 Å². The minimum atomic E-state index is 0.249. The van der Waals surface area contributed by atoms with Gasteiger partial charge in [0.1, 0.15) is 0 Å². The Morgan fingerprint density at radius 1 is 1.21 bits per heavy atom. The van der Waals surface area contributed by atoms with Crippen molar-refractivity contribution in [2.45, 2.75) is 58.7 Å². The smallest absolute Gasteiger partial charge is 0.0806 e. The van der Waals surface area contributed by atoms with Crippen molar-refractivity contribution in [1.29, 1.82) is 0 Å². The van der Waals surface area contributed by atoms with Crippen LogP contribution in [0.3, 0.4) is 0 Å². The number of rotatable bonds is 9. The Balaban J connectivity index is 3.47. The molecule has 0 rings (SSSR count). The van der Waals surface area contributed by atoms with E-state index in [9.17, 15) is 0 Å². The second-order valence-corrected chi connectivity index (χ2v) is 3.69. The lowest BCUT2D eigenvalue weighted by molar-refractivity contribution is -0.0407. The van der Waals surface area contributed by atoms with E-state index in [4.69, 9.17) is 9.47 Å². The Morgan fingerprint density at radius 3 is 2.43 bits per heavy atom. The summed E-state index contributed by atoms with van der Waals surface area (Å²) in [7, 11) is 0. The summed E-state index contributed by atoms with van der Waals surface area (Å²) in [6.07, 6.45) is 4.68. The van der Waals surface area contributed by atoms with Gasteiger partial charge in [-0.1, -0.05) is 27.2 Å². The quantitative estimate of drug-likeness (QED) is 0.533. The van der Waals surface area contributed by atoms with Crippen molar-refractivity contribution in [2.24, 2.45) is 0 Å². The molecule has 0 aromatic rings. The highest BCUT2D eigenvalue weighted by Crippen LogP contribution is 2.04. The summed E-state index contributed by atoms with van der Waals surface area (Å²) in [4.78, 5) is 0.